The molecule has 1 amide bonds. The van der Waals surface area contributed by atoms with Gasteiger partial charge in [0.15, 0.2) is 23.3 Å². The highest BCUT2D eigenvalue weighted by Gasteiger charge is 2.41. The molecule has 2 fully saturated rings. The summed E-state index contributed by atoms with van der Waals surface area (Å²) in [6.07, 6.45) is 3.83. The molecule has 3 unspecified atom stereocenters. The van der Waals surface area contributed by atoms with Gasteiger partial charge in [0, 0.05) is 11.6 Å². The summed E-state index contributed by atoms with van der Waals surface area (Å²) in [5.41, 5.74) is -1.93. The maximum atomic E-state index is 13.8. The Labute approximate surface area is 119 Å². The first kappa shape index (κ1) is 14.4. The Balaban J connectivity index is 1.88. The van der Waals surface area contributed by atoms with Crippen LogP contribution in [0.4, 0.5) is 17.6 Å². The average molecular weight is 301 g/mol. The van der Waals surface area contributed by atoms with Crippen molar-refractivity contribution in [2.45, 2.75) is 38.6 Å². The van der Waals surface area contributed by atoms with E-state index in [1.807, 2.05) is 0 Å². The third-order valence-electron chi connectivity index (χ3n) is 4.76. The zero-order valence-corrected chi connectivity index (χ0v) is 11.5. The van der Waals surface area contributed by atoms with Gasteiger partial charge in [0.05, 0.1) is 0 Å². The molecule has 1 aromatic rings. The van der Waals surface area contributed by atoms with Crippen molar-refractivity contribution < 1.29 is 22.4 Å². The maximum Gasteiger partial charge on any atom is 0.257 e. The van der Waals surface area contributed by atoms with E-state index in [0.29, 0.717) is 11.8 Å². The van der Waals surface area contributed by atoms with Gasteiger partial charge < -0.3 is 5.32 Å². The highest BCUT2D eigenvalue weighted by molar-refractivity contribution is 5.95. The van der Waals surface area contributed by atoms with Gasteiger partial charge in [-0.2, -0.15) is 0 Å². The molecule has 3 atom stereocenters. The monoisotopic (exact) mass is 301 g/mol. The van der Waals surface area contributed by atoms with E-state index in [1.165, 1.54) is 0 Å². The number of rotatable bonds is 2. The van der Waals surface area contributed by atoms with Gasteiger partial charge in [-0.15, -0.1) is 0 Å². The molecular weight excluding hydrogens is 286 g/mol. The van der Waals surface area contributed by atoms with E-state index in [-0.39, 0.29) is 6.04 Å². The second kappa shape index (κ2) is 5.00. The molecule has 0 heterocycles. The lowest BCUT2D eigenvalue weighted by Gasteiger charge is -2.23. The molecule has 2 nitrogen and oxygen atoms in total. The van der Waals surface area contributed by atoms with Crippen LogP contribution in [0.1, 0.15) is 41.6 Å². The van der Waals surface area contributed by atoms with Crippen LogP contribution in [0.15, 0.2) is 0 Å². The van der Waals surface area contributed by atoms with Gasteiger partial charge in [0.1, 0.15) is 5.56 Å². The number of benzene rings is 1. The second-order valence-corrected chi connectivity index (χ2v) is 6.01. The molecule has 0 aromatic heterocycles. The summed E-state index contributed by atoms with van der Waals surface area (Å²) in [5, 5.41) is 2.53. The number of carbonyl (C=O) groups excluding carboxylic acids is 1. The van der Waals surface area contributed by atoms with Gasteiger partial charge in [-0.05, 0) is 38.0 Å². The van der Waals surface area contributed by atoms with E-state index in [0.717, 1.165) is 32.6 Å². The summed E-state index contributed by atoms with van der Waals surface area (Å²) >= 11 is 0. The predicted molar refractivity (Wildman–Crippen MR) is 67.7 cm³/mol. The number of carbonyl (C=O) groups is 1. The molecule has 2 aliphatic carbocycles. The van der Waals surface area contributed by atoms with E-state index >= 15 is 0 Å². The molecule has 2 aliphatic rings. The third kappa shape index (κ3) is 2.21. The molecular formula is C15H15F4NO. The standard InChI is InChI=1S/C15H15F4NO/c1-6-11(16)13(18)10(14(19)12(6)17)15(21)20-9-5-7-2-3-8(9)4-7/h7-9H,2-5H2,1H3,(H,20,21). The minimum absolute atomic E-state index is 0.164. The predicted octanol–water partition coefficient (Wildman–Crippen LogP) is 3.47. The highest BCUT2D eigenvalue weighted by Crippen LogP contribution is 2.44. The van der Waals surface area contributed by atoms with Crippen LogP contribution in [-0.4, -0.2) is 11.9 Å². The van der Waals surface area contributed by atoms with Crippen LogP contribution >= 0.6 is 0 Å². The summed E-state index contributed by atoms with van der Waals surface area (Å²) < 4.78 is 54.5. The van der Waals surface area contributed by atoms with Gasteiger partial charge in [0.25, 0.3) is 5.91 Å². The Morgan fingerprint density at radius 1 is 1.00 bits per heavy atom. The molecule has 0 aliphatic heterocycles. The van der Waals surface area contributed by atoms with Crippen molar-refractivity contribution >= 4 is 5.91 Å². The van der Waals surface area contributed by atoms with Crippen LogP contribution in [0.2, 0.25) is 0 Å². The molecule has 0 radical (unpaired) electrons. The summed E-state index contributed by atoms with van der Waals surface area (Å²) in [5.74, 6) is -6.56. The summed E-state index contributed by atoms with van der Waals surface area (Å²) in [4.78, 5) is 12.0. The average Bonchev–Trinajstić information content (AvgIpc) is 3.05. The number of hydrogen-bond donors (Lipinski definition) is 1. The van der Waals surface area contributed by atoms with E-state index in [4.69, 9.17) is 0 Å². The highest BCUT2D eigenvalue weighted by atomic mass is 19.2. The zero-order valence-electron chi connectivity index (χ0n) is 11.5. The van der Waals surface area contributed by atoms with Crippen molar-refractivity contribution in [3.8, 4) is 0 Å². The number of halogens is 4. The van der Waals surface area contributed by atoms with Crippen LogP contribution in [-0.2, 0) is 0 Å². The Hall–Kier alpha value is -1.59. The molecule has 2 saturated carbocycles. The van der Waals surface area contributed by atoms with Crippen LogP contribution in [0, 0.1) is 42.0 Å². The minimum Gasteiger partial charge on any atom is -0.349 e. The van der Waals surface area contributed by atoms with Crippen molar-refractivity contribution in [3.63, 3.8) is 0 Å². The van der Waals surface area contributed by atoms with Gasteiger partial charge in [-0.1, -0.05) is 6.42 Å². The minimum atomic E-state index is -1.63. The van der Waals surface area contributed by atoms with Crippen LogP contribution in [0.25, 0.3) is 0 Å². The lowest BCUT2D eigenvalue weighted by Crippen LogP contribution is -2.39. The smallest absolute Gasteiger partial charge is 0.257 e. The molecule has 114 valence electrons. The topological polar surface area (TPSA) is 29.1 Å². The van der Waals surface area contributed by atoms with Crippen LogP contribution < -0.4 is 5.32 Å². The molecule has 21 heavy (non-hydrogen) atoms. The first-order valence-corrected chi connectivity index (χ1v) is 7.03. The van der Waals surface area contributed by atoms with Crippen molar-refractivity contribution in [1.29, 1.82) is 0 Å². The van der Waals surface area contributed by atoms with Crippen LogP contribution in [0.5, 0.6) is 0 Å². The maximum absolute atomic E-state index is 13.8. The lowest BCUT2D eigenvalue weighted by molar-refractivity contribution is 0.0911. The van der Waals surface area contributed by atoms with Gasteiger partial charge >= 0.3 is 0 Å². The molecule has 0 spiro atoms. The van der Waals surface area contributed by atoms with Crippen molar-refractivity contribution in [2.24, 2.45) is 11.8 Å². The van der Waals surface area contributed by atoms with Gasteiger partial charge in [-0.3, -0.25) is 4.79 Å². The normalized spacial score (nSPS) is 27.2. The van der Waals surface area contributed by atoms with Crippen molar-refractivity contribution in [1.82, 2.24) is 5.32 Å². The number of hydrogen-bond acceptors (Lipinski definition) is 1. The van der Waals surface area contributed by atoms with Gasteiger partial charge in [-0.25, -0.2) is 17.6 Å². The number of amides is 1. The Morgan fingerprint density at radius 2 is 1.62 bits per heavy atom. The first-order valence-electron chi connectivity index (χ1n) is 7.03. The Bertz CT molecular complexity index is 587. The summed E-state index contributed by atoms with van der Waals surface area (Å²) in [6.45, 7) is 0.925. The molecule has 2 bridgehead atoms. The number of fused-ring (bicyclic) bond motifs is 2. The SMILES string of the molecule is Cc1c(F)c(F)c(C(=O)NC2CC3CCC2C3)c(F)c1F. The first-order chi connectivity index (χ1) is 9.90. The fraction of sp³-hybridized carbons (Fsp3) is 0.533. The Kier molecular flexibility index (Phi) is 3.42. The van der Waals surface area contributed by atoms with E-state index in [9.17, 15) is 22.4 Å². The van der Waals surface area contributed by atoms with Crippen molar-refractivity contribution in [2.75, 3.05) is 0 Å². The molecule has 1 aromatic carbocycles. The van der Waals surface area contributed by atoms with Crippen molar-refractivity contribution in [3.05, 3.63) is 34.4 Å². The second-order valence-electron chi connectivity index (χ2n) is 6.01. The lowest BCUT2D eigenvalue weighted by atomic mass is 9.95. The molecule has 0 saturated heterocycles. The van der Waals surface area contributed by atoms with Gasteiger partial charge in [0.2, 0.25) is 0 Å². The summed E-state index contributed by atoms with van der Waals surface area (Å²) in [7, 11) is 0. The third-order valence-corrected chi connectivity index (χ3v) is 4.76. The van der Waals surface area contributed by atoms with Crippen LogP contribution in [0.3, 0.4) is 0 Å². The quantitative estimate of drug-likeness (QED) is 0.658. The molecule has 3 rings (SSSR count). The number of nitrogens with one attached hydrogen (secondary N) is 1. The molecule has 1 N–H and O–H groups in total. The largest absolute Gasteiger partial charge is 0.349 e. The summed E-state index contributed by atoms with van der Waals surface area (Å²) in [6, 6.07) is -0.164. The fourth-order valence-electron chi connectivity index (χ4n) is 3.60. The van der Waals surface area contributed by atoms with E-state index in [2.05, 4.69) is 5.32 Å². The zero-order chi connectivity index (χ0) is 15.3. The van der Waals surface area contributed by atoms with E-state index in [1.54, 1.807) is 0 Å². The van der Waals surface area contributed by atoms with E-state index < -0.39 is 40.3 Å². The Morgan fingerprint density at radius 3 is 2.10 bits per heavy atom. The fourth-order valence-corrected chi connectivity index (χ4v) is 3.60. The molecule has 6 heteroatoms.